The van der Waals surface area contributed by atoms with Gasteiger partial charge in [0, 0.05) is 25.7 Å². The second kappa shape index (κ2) is 7.25. The zero-order valence-electron chi connectivity index (χ0n) is 11.1. The highest BCUT2D eigenvalue weighted by Crippen LogP contribution is 2.23. The van der Waals surface area contributed by atoms with Gasteiger partial charge in [0.15, 0.2) is 0 Å². The molecule has 0 aromatic heterocycles. The van der Waals surface area contributed by atoms with E-state index in [2.05, 4.69) is 25.8 Å². The third-order valence-corrected chi connectivity index (χ3v) is 3.48. The van der Waals surface area contributed by atoms with Gasteiger partial charge < -0.3 is 15.4 Å². The first-order valence-electron chi connectivity index (χ1n) is 6.67. The minimum absolute atomic E-state index is 0.348. The second-order valence-electron chi connectivity index (χ2n) is 5.27. The Labute approximate surface area is 100 Å². The Bertz CT molecular complexity index is 179. The molecule has 1 aliphatic carbocycles. The zero-order valence-corrected chi connectivity index (χ0v) is 11.1. The van der Waals surface area contributed by atoms with Crippen LogP contribution in [0.5, 0.6) is 0 Å². The number of hydrogen-bond donors (Lipinski definition) is 1. The minimum atomic E-state index is 0.348. The van der Waals surface area contributed by atoms with Gasteiger partial charge in [-0.2, -0.15) is 0 Å². The fraction of sp³-hybridized carbons (Fsp3) is 1.00. The lowest BCUT2D eigenvalue weighted by molar-refractivity contribution is 0.0468. The fourth-order valence-corrected chi connectivity index (χ4v) is 2.66. The molecule has 0 aromatic rings. The molecular formula is C13H28N2O. The van der Waals surface area contributed by atoms with Gasteiger partial charge in [0.05, 0.1) is 6.10 Å². The summed E-state index contributed by atoms with van der Waals surface area (Å²) < 4.78 is 5.56. The predicted octanol–water partition coefficient (Wildman–Crippen LogP) is 1.86. The Morgan fingerprint density at radius 1 is 1.31 bits per heavy atom. The molecule has 0 bridgehead atoms. The molecule has 1 aliphatic rings. The van der Waals surface area contributed by atoms with Crippen molar-refractivity contribution in [3.05, 3.63) is 0 Å². The number of nitrogens with zero attached hydrogens (tertiary/aromatic N) is 1. The molecule has 0 heterocycles. The molecule has 0 radical (unpaired) electrons. The third-order valence-electron chi connectivity index (χ3n) is 3.48. The quantitative estimate of drug-likeness (QED) is 0.754. The van der Waals surface area contributed by atoms with E-state index in [0.29, 0.717) is 12.1 Å². The minimum Gasteiger partial charge on any atom is -0.377 e. The van der Waals surface area contributed by atoms with Gasteiger partial charge >= 0.3 is 0 Å². The maximum atomic E-state index is 5.91. The molecule has 1 rings (SSSR count). The Balaban J connectivity index is 2.15. The number of rotatable bonds is 6. The SMILES string of the molecule is CCOC(C)CN(C)CC1CCC(N)CC1. The highest BCUT2D eigenvalue weighted by molar-refractivity contribution is 4.76. The summed E-state index contributed by atoms with van der Waals surface area (Å²) >= 11 is 0. The van der Waals surface area contributed by atoms with Crippen LogP contribution >= 0.6 is 0 Å². The van der Waals surface area contributed by atoms with E-state index in [1.54, 1.807) is 0 Å². The molecule has 2 N–H and O–H groups in total. The van der Waals surface area contributed by atoms with Crippen molar-refractivity contribution in [3.63, 3.8) is 0 Å². The van der Waals surface area contributed by atoms with Crippen molar-refractivity contribution in [1.29, 1.82) is 0 Å². The monoisotopic (exact) mass is 228 g/mol. The molecule has 0 aliphatic heterocycles. The van der Waals surface area contributed by atoms with Gasteiger partial charge in [-0.15, -0.1) is 0 Å². The standard InChI is InChI=1S/C13H28N2O/c1-4-16-11(2)9-15(3)10-12-5-7-13(14)8-6-12/h11-13H,4-10,14H2,1-3H3. The van der Waals surface area contributed by atoms with Crippen LogP contribution in [-0.2, 0) is 4.74 Å². The molecule has 3 heteroatoms. The normalized spacial score (nSPS) is 28.3. The average molecular weight is 228 g/mol. The van der Waals surface area contributed by atoms with Crippen LogP contribution in [0.3, 0.4) is 0 Å². The van der Waals surface area contributed by atoms with Gasteiger partial charge in [-0.25, -0.2) is 0 Å². The fourth-order valence-electron chi connectivity index (χ4n) is 2.66. The van der Waals surface area contributed by atoms with Gasteiger partial charge in [0.25, 0.3) is 0 Å². The lowest BCUT2D eigenvalue weighted by Gasteiger charge is -2.30. The van der Waals surface area contributed by atoms with E-state index in [4.69, 9.17) is 10.5 Å². The van der Waals surface area contributed by atoms with Crippen LogP contribution in [0, 0.1) is 5.92 Å². The van der Waals surface area contributed by atoms with E-state index in [0.717, 1.165) is 19.1 Å². The van der Waals surface area contributed by atoms with E-state index >= 15 is 0 Å². The molecule has 0 amide bonds. The van der Waals surface area contributed by atoms with E-state index in [-0.39, 0.29) is 0 Å². The van der Waals surface area contributed by atoms with Crippen LogP contribution in [0.25, 0.3) is 0 Å². The van der Waals surface area contributed by atoms with Crippen molar-refractivity contribution in [2.45, 2.75) is 51.7 Å². The van der Waals surface area contributed by atoms with Gasteiger partial charge in [0.2, 0.25) is 0 Å². The van der Waals surface area contributed by atoms with Crippen molar-refractivity contribution in [3.8, 4) is 0 Å². The second-order valence-corrected chi connectivity index (χ2v) is 5.27. The van der Waals surface area contributed by atoms with E-state index in [1.807, 2.05) is 0 Å². The average Bonchev–Trinajstić information content (AvgIpc) is 2.21. The lowest BCUT2D eigenvalue weighted by atomic mass is 9.86. The van der Waals surface area contributed by atoms with Crippen LogP contribution < -0.4 is 5.73 Å². The van der Waals surface area contributed by atoms with Crippen LogP contribution in [0.4, 0.5) is 0 Å². The molecule has 16 heavy (non-hydrogen) atoms. The third kappa shape index (κ3) is 5.28. The molecule has 1 fully saturated rings. The number of nitrogens with two attached hydrogens (primary N) is 1. The van der Waals surface area contributed by atoms with E-state index < -0.39 is 0 Å². The van der Waals surface area contributed by atoms with Gasteiger partial charge in [-0.05, 0) is 52.5 Å². The number of hydrogen-bond acceptors (Lipinski definition) is 3. The van der Waals surface area contributed by atoms with Gasteiger partial charge in [-0.1, -0.05) is 0 Å². The first kappa shape index (κ1) is 13.9. The number of likely N-dealkylation sites (N-methyl/N-ethyl adjacent to an activating group) is 1. The molecule has 1 saturated carbocycles. The highest BCUT2D eigenvalue weighted by atomic mass is 16.5. The molecule has 3 nitrogen and oxygen atoms in total. The van der Waals surface area contributed by atoms with Crippen molar-refractivity contribution >= 4 is 0 Å². The summed E-state index contributed by atoms with van der Waals surface area (Å²) in [6, 6.07) is 0.462. The summed E-state index contributed by atoms with van der Waals surface area (Å²) in [4.78, 5) is 2.40. The summed E-state index contributed by atoms with van der Waals surface area (Å²) in [5.74, 6) is 0.846. The summed E-state index contributed by atoms with van der Waals surface area (Å²) in [5.41, 5.74) is 5.91. The smallest absolute Gasteiger partial charge is 0.0673 e. The van der Waals surface area contributed by atoms with E-state index in [1.165, 1.54) is 32.2 Å². The van der Waals surface area contributed by atoms with Crippen molar-refractivity contribution in [2.75, 3.05) is 26.7 Å². The first-order chi connectivity index (χ1) is 7.61. The summed E-state index contributed by atoms with van der Waals surface area (Å²) in [7, 11) is 2.20. The van der Waals surface area contributed by atoms with Crippen LogP contribution in [0.2, 0.25) is 0 Å². The topological polar surface area (TPSA) is 38.5 Å². The molecule has 0 aromatic carbocycles. The predicted molar refractivity (Wildman–Crippen MR) is 68.5 cm³/mol. The maximum Gasteiger partial charge on any atom is 0.0673 e. The van der Waals surface area contributed by atoms with Crippen molar-refractivity contribution in [2.24, 2.45) is 11.7 Å². The Morgan fingerprint density at radius 3 is 2.50 bits per heavy atom. The zero-order chi connectivity index (χ0) is 12.0. The number of ether oxygens (including phenoxy) is 1. The lowest BCUT2D eigenvalue weighted by Crippen LogP contribution is -2.36. The largest absolute Gasteiger partial charge is 0.377 e. The molecule has 1 atom stereocenters. The molecule has 1 unspecified atom stereocenters. The van der Waals surface area contributed by atoms with Crippen LogP contribution in [-0.4, -0.2) is 43.8 Å². The summed E-state index contributed by atoms with van der Waals surface area (Å²) in [6.45, 7) is 7.25. The van der Waals surface area contributed by atoms with Crippen LogP contribution in [0.1, 0.15) is 39.5 Å². The molecule has 0 saturated heterocycles. The first-order valence-corrected chi connectivity index (χ1v) is 6.67. The molecular weight excluding hydrogens is 200 g/mol. The van der Waals surface area contributed by atoms with Gasteiger partial charge in [-0.3, -0.25) is 0 Å². The Hall–Kier alpha value is -0.120. The van der Waals surface area contributed by atoms with Crippen molar-refractivity contribution < 1.29 is 4.74 Å². The molecule has 96 valence electrons. The Kier molecular flexibility index (Phi) is 6.32. The van der Waals surface area contributed by atoms with Gasteiger partial charge in [0.1, 0.15) is 0 Å². The summed E-state index contributed by atoms with van der Waals surface area (Å²) in [6.07, 6.45) is 5.36. The maximum absolute atomic E-state index is 5.91. The highest BCUT2D eigenvalue weighted by Gasteiger charge is 2.20. The van der Waals surface area contributed by atoms with E-state index in [9.17, 15) is 0 Å². The van der Waals surface area contributed by atoms with Crippen molar-refractivity contribution in [1.82, 2.24) is 4.90 Å². The molecule has 0 spiro atoms. The van der Waals surface area contributed by atoms with Crippen LogP contribution in [0.15, 0.2) is 0 Å². The summed E-state index contributed by atoms with van der Waals surface area (Å²) in [5, 5.41) is 0. The Morgan fingerprint density at radius 2 is 1.94 bits per heavy atom.